The van der Waals surface area contributed by atoms with E-state index in [1.165, 1.54) is 0 Å². The third-order valence-electron chi connectivity index (χ3n) is 3.84. The topological polar surface area (TPSA) is 67.1 Å². The molecule has 3 rings (SSSR count). The molecule has 0 aliphatic carbocycles. The van der Waals surface area contributed by atoms with Crippen LogP contribution in [0.3, 0.4) is 0 Å². The Morgan fingerprint density at radius 3 is 2.78 bits per heavy atom. The number of para-hydroxylation sites is 1. The van der Waals surface area contributed by atoms with Crippen molar-refractivity contribution < 1.29 is 4.42 Å². The fourth-order valence-corrected chi connectivity index (χ4v) is 2.47. The number of aromatic nitrogens is 3. The first-order valence-electron chi connectivity index (χ1n) is 7.95. The molecule has 3 aromatic rings. The van der Waals surface area contributed by atoms with Crippen molar-refractivity contribution in [2.24, 2.45) is 0 Å². The van der Waals surface area contributed by atoms with Crippen molar-refractivity contribution >= 4 is 16.9 Å². The lowest BCUT2D eigenvalue weighted by molar-refractivity contribution is 0.315. The van der Waals surface area contributed by atoms with Crippen molar-refractivity contribution in [3.8, 4) is 11.5 Å². The summed E-state index contributed by atoms with van der Waals surface area (Å²) in [7, 11) is 0. The Balaban J connectivity index is 1.72. The molecule has 0 atom stereocenters. The minimum Gasteiger partial charge on any atom is -0.454 e. The summed E-state index contributed by atoms with van der Waals surface area (Å²) >= 11 is 0. The van der Waals surface area contributed by atoms with Crippen molar-refractivity contribution in [3.05, 3.63) is 36.5 Å². The Hall–Kier alpha value is -2.47. The molecule has 0 radical (unpaired) electrons. The van der Waals surface area contributed by atoms with Crippen LogP contribution in [0.15, 0.2) is 40.9 Å². The first-order valence-corrected chi connectivity index (χ1v) is 7.95. The number of rotatable bonds is 7. The monoisotopic (exact) mass is 311 g/mol. The molecule has 0 amide bonds. The molecule has 0 aliphatic heterocycles. The van der Waals surface area contributed by atoms with E-state index in [4.69, 9.17) is 4.42 Å². The van der Waals surface area contributed by atoms with Gasteiger partial charge in [-0.05, 0) is 25.2 Å². The fraction of sp³-hybridized carbons (Fsp3) is 0.353. The van der Waals surface area contributed by atoms with Gasteiger partial charge in [-0.1, -0.05) is 32.0 Å². The van der Waals surface area contributed by atoms with E-state index in [1.54, 1.807) is 6.20 Å². The molecule has 0 aliphatic rings. The molecule has 0 bridgehead atoms. The van der Waals surface area contributed by atoms with E-state index in [2.05, 4.69) is 39.2 Å². The zero-order valence-corrected chi connectivity index (χ0v) is 13.5. The summed E-state index contributed by atoms with van der Waals surface area (Å²) in [6, 6.07) is 9.87. The van der Waals surface area contributed by atoms with Crippen LogP contribution in [0.25, 0.3) is 22.4 Å². The number of benzene rings is 1. The lowest BCUT2D eigenvalue weighted by atomic mass is 10.2. The van der Waals surface area contributed by atoms with Gasteiger partial charge in [-0.2, -0.15) is 5.10 Å². The van der Waals surface area contributed by atoms with Gasteiger partial charge >= 0.3 is 0 Å². The van der Waals surface area contributed by atoms with Crippen LogP contribution in [0, 0.1) is 0 Å². The quantitative estimate of drug-likeness (QED) is 0.723. The highest BCUT2D eigenvalue weighted by atomic mass is 16.3. The molecule has 1 N–H and O–H groups in total. The first kappa shape index (κ1) is 15.4. The molecule has 23 heavy (non-hydrogen) atoms. The van der Waals surface area contributed by atoms with Crippen LogP contribution in [-0.2, 0) is 0 Å². The largest absolute Gasteiger partial charge is 0.454 e. The molecule has 6 heteroatoms. The summed E-state index contributed by atoms with van der Waals surface area (Å²) in [5.74, 6) is 1.23. The van der Waals surface area contributed by atoms with E-state index in [-0.39, 0.29) is 0 Å². The number of anilines is 1. The van der Waals surface area contributed by atoms with Crippen molar-refractivity contribution in [1.29, 1.82) is 0 Å². The Morgan fingerprint density at radius 1 is 1.17 bits per heavy atom. The van der Waals surface area contributed by atoms with Crippen LogP contribution in [0.2, 0.25) is 0 Å². The van der Waals surface area contributed by atoms with E-state index >= 15 is 0 Å². The Kier molecular flexibility index (Phi) is 4.83. The maximum Gasteiger partial charge on any atom is 0.243 e. The fourth-order valence-electron chi connectivity index (χ4n) is 2.47. The number of fused-ring (bicyclic) bond motifs is 1. The summed E-state index contributed by atoms with van der Waals surface area (Å²) in [6.45, 7) is 8.12. The second kappa shape index (κ2) is 7.19. The summed E-state index contributed by atoms with van der Waals surface area (Å²) < 4.78 is 5.82. The lowest BCUT2D eigenvalue weighted by Gasteiger charge is -2.17. The van der Waals surface area contributed by atoms with E-state index in [9.17, 15) is 0 Å². The molecular formula is C17H21N5O. The van der Waals surface area contributed by atoms with Crippen LogP contribution in [-0.4, -0.2) is 46.3 Å². The molecule has 120 valence electrons. The number of hydrogen-bond acceptors (Lipinski definition) is 6. The van der Waals surface area contributed by atoms with Crippen LogP contribution in [0.5, 0.6) is 0 Å². The maximum atomic E-state index is 5.82. The van der Waals surface area contributed by atoms with Gasteiger partial charge < -0.3 is 14.6 Å². The number of nitrogens with one attached hydrogen (secondary N) is 1. The van der Waals surface area contributed by atoms with Crippen molar-refractivity contribution in [2.45, 2.75) is 13.8 Å². The molecule has 0 fully saturated rings. The average molecular weight is 311 g/mol. The van der Waals surface area contributed by atoms with E-state index < -0.39 is 0 Å². The smallest absolute Gasteiger partial charge is 0.243 e. The Bertz CT molecular complexity index is 733. The molecule has 2 aromatic heterocycles. The van der Waals surface area contributed by atoms with Gasteiger partial charge in [-0.25, -0.2) is 4.98 Å². The molecule has 0 spiro atoms. The maximum absolute atomic E-state index is 5.82. The van der Waals surface area contributed by atoms with E-state index in [1.807, 2.05) is 30.3 Å². The highest BCUT2D eigenvalue weighted by molar-refractivity contribution is 5.81. The highest BCUT2D eigenvalue weighted by Crippen LogP contribution is 2.26. The standard InChI is InChI=1S/C17H21N5O/c1-3-22(4-2)10-9-18-17-20-14(12-19-21-17)16-11-13-7-5-6-8-15(13)23-16/h5-8,11-12H,3-4,9-10H2,1-2H3,(H,18,20,21). The van der Waals surface area contributed by atoms with Gasteiger partial charge in [0, 0.05) is 18.5 Å². The minimum atomic E-state index is 0.523. The SMILES string of the molecule is CCN(CC)CCNc1nncc(-c2cc3ccccc3o2)n1. The van der Waals surface area contributed by atoms with Crippen molar-refractivity contribution in [1.82, 2.24) is 20.1 Å². The van der Waals surface area contributed by atoms with Crippen molar-refractivity contribution in [3.63, 3.8) is 0 Å². The Labute approximate surface area is 135 Å². The van der Waals surface area contributed by atoms with Crippen LogP contribution in [0.4, 0.5) is 5.95 Å². The third-order valence-corrected chi connectivity index (χ3v) is 3.84. The van der Waals surface area contributed by atoms with Crippen molar-refractivity contribution in [2.75, 3.05) is 31.5 Å². The minimum absolute atomic E-state index is 0.523. The number of nitrogens with zero attached hydrogens (tertiary/aromatic N) is 4. The Morgan fingerprint density at radius 2 is 2.00 bits per heavy atom. The van der Waals surface area contributed by atoms with Gasteiger partial charge in [-0.15, -0.1) is 5.10 Å². The van der Waals surface area contributed by atoms with Gasteiger partial charge in [-0.3, -0.25) is 0 Å². The second-order valence-electron chi connectivity index (χ2n) is 5.27. The molecular weight excluding hydrogens is 290 g/mol. The number of furan rings is 1. The summed E-state index contributed by atoms with van der Waals surface area (Å²) in [5, 5.41) is 12.3. The molecule has 0 saturated heterocycles. The van der Waals surface area contributed by atoms with E-state index in [0.717, 1.165) is 37.1 Å². The zero-order chi connectivity index (χ0) is 16.1. The first-order chi connectivity index (χ1) is 11.3. The lowest BCUT2D eigenvalue weighted by Crippen LogP contribution is -2.29. The van der Waals surface area contributed by atoms with Gasteiger partial charge in [0.1, 0.15) is 11.3 Å². The van der Waals surface area contributed by atoms with Crippen LogP contribution in [0.1, 0.15) is 13.8 Å². The second-order valence-corrected chi connectivity index (χ2v) is 5.27. The van der Waals surface area contributed by atoms with Gasteiger partial charge in [0.25, 0.3) is 0 Å². The summed E-state index contributed by atoms with van der Waals surface area (Å²) in [5.41, 5.74) is 1.53. The van der Waals surface area contributed by atoms with E-state index in [0.29, 0.717) is 17.4 Å². The number of hydrogen-bond donors (Lipinski definition) is 1. The highest BCUT2D eigenvalue weighted by Gasteiger charge is 2.09. The van der Waals surface area contributed by atoms with Gasteiger partial charge in [0.05, 0.1) is 6.20 Å². The molecule has 1 aromatic carbocycles. The predicted molar refractivity (Wildman–Crippen MR) is 91.3 cm³/mol. The molecule has 2 heterocycles. The van der Waals surface area contributed by atoms with Gasteiger partial charge in [0.15, 0.2) is 5.76 Å². The molecule has 6 nitrogen and oxygen atoms in total. The third kappa shape index (κ3) is 3.65. The average Bonchev–Trinajstić information content (AvgIpc) is 3.03. The predicted octanol–water partition coefficient (Wildman–Crippen LogP) is 3.04. The van der Waals surface area contributed by atoms with Crippen LogP contribution >= 0.6 is 0 Å². The number of likely N-dealkylation sites (N-methyl/N-ethyl adjacent to an activating group) is 1. The normalized spacial score (nSPS) is 11.3. The van der Waals surface area contributed by atoms with Gasteiger partial charge in [0.2, 0.25) is 5.95 Å². The zero-order valence-electron chi connectivity index (χ0n) is 13.5. The van der Waals surface area contributed by atoms with Crippen LogP contribution < -0.4 is 5.32 Å². The summed E-state index contributed by atoms with van der Waals surface area (Å²) in [6.07, 6.45) is 1.62. The molecule has 0 unspecified atom stereocenters. The molecule has 0 saturated carbocycles. The summed E-state index contributed by atoms with van der Waals surface area (Å²) in [4.78, 5) is 6.83.